The Kier molecular flexibility index (Phi) is 3.44. The second-order valence-electron chi connectivity index (χ2n) is 2.36. The molecule has 1 N–H and O–H groups in total. The minimum Gasteiger partial charge on any atom is -0.410 e. The van der Waals surface area contributed by atoms with Gasteiger partial charge in [0.05, 0.1) is 6.07 Å². The summed E-state index contributed by atoms with van der Waals surface area (Å²) in [4.78, 5) is 10.9. The molecule has 4 nitrogen and oxygen atoms in total. The Hall–Kier alpha value is -2.09. The van der Waals surface area contributed by atoms with E-state index in [-0.39, 0.29) is 12.3 Å². The summed E-state index contributed by atoms with van der Waals surface area (Å²) in [7, 11) is 0. The summed E-state index contributed by atoms with van der Waals surface area (Å²) in [5.74, 6) is -0.184. The lowest BCUT2D eigenvalue weighted by atomic mass is 10.3. The monoisotopic (exact) mass is 194 g/mol. The number of nitrogens with one attached hydrogen (secondary N) is 1. The van der Waals surface area contributed by atoms with Crippen molar-refractivity contribution in [2.75, 3.05) is 6.54 Å². The SMILES string of the molecule is N#CCNC(=O)Oc1ccc(F)cc1. The number of halogens is 1. The fraction of sp³-hybridized carbons (Fsp3) is 0.111. The lowest BCUT2D eigenvalue weighted by Crippen LogP contribution is -2.26. The first-order valence-corrected chi connectivity index (χ1v) is 3.80. The van der Waals surface area contributed by atoms with E-state index in [1.54, 1.807) is 6.07 Å². The second-order valence-corrected chi connectivity index (χ2v) is 2.36. The summed E-state index contributed by atoms with van der Waals surface area (Å²) in [5, 5.41) is 10.3. The number of nitriles is 1. The van der Waals surface area contributed by atoms with Crippen LogP contribution >= 0.6 is 0 Å². The molecule has 0 heterocycles. The van der Waals surface area contributed by atoms with Crippen molar-refractivity contribution < 1.29 is 13.9 Å². The van der Waals surface area contributed by atoms with Gasteiger partial charge in [-0.05, 0) is 24.3 Å². The first-order chi connectivity index (χ1) is 6.72. The van der Waals surface area contributed by atoms with Crippen molar-refractivity contribution in [2.24, 2.45) is 0 Å². The molecule has 0 aliphatic rings. The lowest BCUT2D eigenvalue weighted by Gasteiger charge is -2.02. The number of rotatable bonds is 2. The summed E-state index contributed by atoms with van der Waals surface area (Å²) in [5.41, 5.74) is 0. The maximum atomic E-state index is 12.4. The van der Waals surface area contributed by atoms with Gasteiger partial charge in [0.1, 0.15) is 18.1 Å². The number of hydrogen-bond donors (Lipinski definition) is 1. The highest BCUT2D eigenvalue weighted by atomic mass is 19.1. The van der Waals surface area contributed by atoms with Crippen LogP contribution in [0.2, 0.25) is 0 Å². The zero-order valence-electron chi connectivity index (χ0n) is 7.16. The Labute approximate surface area is 79.9 Å². The molecule has 0 unspecified atom stereocenters. The van der Waals surface area contributed by atoms with Crippen molar-refractivity contribution in [3.63, 3.8) is 0 Å². The molecule has 1 rings (SSSR count). The summed E-state index contributed by atoms with van der Waals surface area (Å²) in [6.07, 6.45) is -0.738. The Morgan fingerprint density at radius 2 is 2.14 bits per heavy atom. The predicted octanol–water partition coefficient (Wildman–Crippen LogP) is 1.44. The van der Waals surface area contributed by atoms with Crippen LogP contribution in [-0.2, 0) is 0 Å². The highest BCUT2D eigenvalue weighted by Crippen LogP contribution is 2.10. The van der Waals surface area contributed by atoms with Gasteiger partial charge in [0.15, 0.2) is 0 Å². The van der Waals surface area contributed by atoms with E-state index in [0.29, 0.717) is 0 Å². The van der Waals surface area contributed by atoms with Gasteiger partial charge in [-0.1, -0.05) is 0 Å². The van der Waals surface area contributed by atoms with E-state index in [2.05, 4.69) is 5.32 Å². The molecule has 1 aromatic carbocycles. The Balaban J connectivity index is 2.49. The van der Waals surface area contributed by atoms with E-state index >= 15 is 0 Å². The van der Waals surface area contributed by atoms with Gasteiger partial charge in [0, 0.05) is 0 Å². The third-order valence-electron chi connectivity index (χ3n) is 1.34. The lowest BCUT2D eigenvalue weighted by molar-refractivity contribution is 0.202. The van der Waals surface area contributed by atoms with E-state index in [9.17, 15) is 9.18 Å². The number of carbonyl (C=O) groups excluding carboxylic acids is 1. The molecule has 0 fully saturated rings. The van der Waals surface area contributed by atoms with Crippen molar-refractivity contribution in [1.29, 1.82) is 5.26 Å². The van der Waals surface area contributed by atoms with Crippen molar-refractivity contribution in [2.45, 2.75) is 0 Å². The quantitative estimate of drug-likeness (QED) is 0.724. The van der Waals surface area contributed by atoms with Crippen LogP contribution in [0.1, 0.15) is 0 Å². The molecular formula is C9H7FN2O2. The van der Waals surface area contributed by atoms with Gasteiger partial charge in [-0.2, -0.15) is 5.26 Å². The van der Waals surface area contributed by atoms with Crippen LogP contribution in [0.3, 0.4) is 0 Å². The van der Waals surface area contributed by atoms with Gasteiger partial charge in [0.25, 0.3) is 0 Å². The molecule has 14 heavy (non-hydrogen) atoms. The molecule has 0 radical (unpaired) electrons. The van der Waals surface area contributed by atoms with E-state index in [0.717, 1.165) is 0 Å². The number of amides is 1. The van der Waals surface area contributed by atoms with Gasteiger partial charge < -0.3 is 10.1 Å². The van der Waals surface area contributed by atoms with Crippen LogP contribution in [0, 0.1) is 17.1 Å². The van der Waals surface area contributed by atoms with E-state index < -0.39 is 11.9 Å². The summed E-state index contributed by atoms with van der Waals surface area (Å²) >= 11 is 0. The third kappa shape index (κ3) is 3.11. The van der Waals surface area contributed by atoms with E-state index in [4.69, 9.17) is 10.00 Å². The Morgan fingerprint density at radius 3 is 2.71 bits per heavy atom. The van der Waals surface area contributed by atoms with Gasteiger partial charge in [-0.3, -0.25) is 0 Å². The van der Waals surface area contributed by atoms with Gasteiger partial charge in [-0.25, -0.2) is 9.18 Å². The first-order valence-electron chi connectivity index (χ1n) is 3.80. The van der Waals surface area contributed by atoms with Gasteiger partial charge in [0.2, 0.25) is 0 Å². The Morgan fingerprint density at radius 1 is 1.50 bits per heavy atom. The molecule has 0 aromatic heterocycles. The zero-order chi connectivity index (χ0) is 10.4. The maximum absolute atomic E-state index is 12.4. The van der Waals surface area contributed by atoms with Crippen LogP contribution in [0.15, 0.2) is 24.3 Å². The Bertz CT molecular complexity index is 356. The summed E-state index contributed by atoms with van der Waals surface area (Å²) in [6, 6.07) is 6.71. The molecule has 0 spiro atoms. The van der Waals surface area contributed by atoms with Crippen LogP contribution in [0.25, 0.3) is 0 Å². The molecule has 1 aromatic rings. The number of ether oxygens (including phenoxy) is 1. The van der Waals surface area contributed by atoms with Crippen molar-refractivity contribution in [1.82, 2.24) is 5.32 Å². The minimum atomic E-state index is -0.738. The summed E-state index contributed by atoms with van der Waals surface area (Å²) < 4.78 is 17.1. The highest BCUT2D eigenvalue weighted by Gasteiger charge is 2.02. The van der Waals surface area contributed by atoms with Crippen molar-refractivity contribution in [3.8, 4) is 11.8 Å². The number of hydrogen-bond acceptors (Lipinski definition) is 3. The number of carbonyl (C=O) groups is 1. The van der Waals surface area contributed by atoms with Crippen LogP contribution in [0.4, 0.5) is 9.18 Å². The fourth-order valence-electron chi connectivity index (χ4n) is 0.757. The molecule has 0 aliphatic carbocycles. The predicted molar refractivity (Wildman–Crippen MR) is 46.0 cm³/mol. The molecular weight excluding hydrogens is 187 g/mol. The van der Waals surface area contributed by atoms with Gasteiger partial charge in [-0.15, -0.1) is 0 Å². The first kappa shape index (κ1) is 9.99. The van der Waals surface area contributed by atoms with Crippen LogP contribution in [-0.4, -0.2) is 12.6 Å². The average Bonchev–Trinajstić information content (AvgIpc) is 2.18. The van der Waals surface area contributed by atoms with Crippen LogP contribution in [0.5, 0.6) is 5.75 Å². The molecule has 72 valence electrons. The zero-order valence-corrected chi connectivity index (χ0v) is 7.16. The molecule has 0 saturated carbocycles. The van der Waals surface area contributed by atoms with E-state index in [1.807, 2.05) is 0 Å². The van der Waals surface area contributed by atoms with Crippen LogP contribution < -0.4 is 10.1 Å². The number of nitrogens with zero attached hydrogens (tertiary/aromatic N) is 1. The average molecular weight is 194 g/mol. The highest BCUT2D eigenvalue weighted by molar-refractivity contribution is 5.70. The maximum Gasteiger partial charge on any atom is 0.413 e. The molecule has 1 amide bonds. The second kappa shape index (κ2) is 4.82. The smallest absolute Gasteiger partial charge is 0.410 e. The third-order valence-corrected chi connectivity index (χ3v) is 1.34. The largest absolute Gasteiger partial charge is 0.413 e. The van der Waals surface area contributed by atoms with Gasteiger partial charge >= 0.3 is 6.09 Å². The molecule has 0 saturated heterocycles. The topological polar surface area (TPSA) is 62.1 Å². The standard InChI is InChI=1S/C9H7FN2O2/c10-7-1-3-8(4-2-7)14-9(13)12-6-5-11/h1-4H,6H2,(H,12,13). The molecule has 0 aliphatic heterocycles. The molecule has 0 atom stereocenters. The van der Waals surface area contributed by atoms with E-state index in [1.165, 1.54) is 24.3 Å². The van der Waals surface area contributed by atoms with Crippen molar-refractivity contribution >= 4 is 6.09 Å². The minimum absolute atomic E-state index is 0.125. The number of benzene rings is 1. The molecule has 5 heteroatoms. The fourth-order valence-corrected chi connectivity index (χ4v) is 0.757. The molecule has 0 bridgehead atoms. The normalized spacial score (nSPS) is 8.86. The van der Waals surface area contributed by atoms with Crippen molar-refractivity contribution in [3.05, 3.63) is 30.1 Å². The summed E-state index contributed by atoms with van der Waals surface area (Å²) in [6.45, 7) is -0.125.